The van der Waals surface area contributed by atoms with Gasteiger partial charge in [0.25, 0.3) is 0 Å². The van der Waals surface area contributed by atoms with Crippen LogP contribution >= 0.6 is 27.3 Å². The fourth-order valence-corrected chi connectivity index (χ4v) is 3.39. The molecule has 0 aliphatic carbocycles. The Balaban J connectivity index is 1.66. The van der Waals surface area contributed by atoms with Crippen molar-refractivity contribution in [1.82, 2.24) is 9.55 Å². The zero-order chi connectivity index (χ0) is 14.8. The van der Waals surface area contributed by atoms with Crippen LogP contribution in [0.25, 0.3) is 10.9 Å². The summed E-state index contributed by atoms with van der Waals surface area (Å²) >= 11 is 4.99. The lowest BCUT2D eigenvalue weighted by molar-refractivity contribution is -0.116. The molecule has 0 aliphatic rings. The van der Waals surface area contributed by atoms with Crippen LogP contribution < -0.4 is 5.32 Å². The zero-order valence-corrected chi connectivity index (χ0v) is 13.9. The number of nitrogens with zero attached hydrogens (tertiary/aromatic N) is 2. The van der Waals surface area contributed by atoms with E-state index in [4.69, 9.17) is 0 Å². The number of carbonyl (C=O) groups is 1. The first-order chi connectivity index (χ1) is 10.1. The minimum Gasteiger partial charge on any atom is -0.347 e. The maximum absolute atomic E-state index is 12.0. The van der Waals surface area contributed by atoms with Crippen molar-refractivity contribution in [2.45, 2.75) is 19.9 Å². The second-order valence-corrected chi connectivity index (χ2v) is 6.49. The molecule has 0 spiro atoms. The number of fused-ring (bicyclic) bond motifs is 1. The molecular formula is C15H14BrN3OS. The topological polar surface area (TPSA) is 46.9 Å². The average molecular weight is 364 g/mol. The highest BCUT2D eigenvalue weighted by Gasteiger charge is 2.08. The van der Waals surface area contributed by atoms with E-state index in [2.05, 4.69) is 42.9 Å². The van der Waals surface area contributed by atoms with Crippen molar-refractivity contribution in [3.63, 3.8) is 0 Å². The third-order valence-electron chi connectivity index (χ3n) is 3.21. The molecular weight excluding hydrogens is 350 g/mol. The minimum absolute atomic E-state index is 0.0128. The van der Waals surface area contributed by atoms with Crippen molar-refractivity contribution < 1.29 is 4.79 Å². The number of benzene rings is 1. The monoisotopic (exact) mass is 363 g/mol. The number of rotatable bonds is 4. The molecule has 0 unspecified atom stereocenters. The van der Waals surface area contributed by atoms with Gasteiger partial charge in [-0.15, -0.1) is 11.3 Å². The zero-order valence-electron chi connectivity index (χ0n) is 11.5. The second kappa shape index (κ2) is 5.99. The first kappa shape index (κ1) is 14.3. The highest BCUT2D eigenvalue weighted by atomic mass is 79.9. The summed E-state index contributed by atoms with van der Waals surface area (Å²) in [7, 11) is 0. The van der Waals surface area contributed by atoms with Gasteiger partial charge in [0.2, 0.25) is 5.91 Å². The SMILES string of the molecule is Cc1csc(NC(=O)CCn2ccc3c(Br)cccc32)n1. The van der Waals surface area contributed by atoms with Gasteiger partial charge in [-0.05, 0) is 25.1 Å². The Hall–Kier alpha value is -1.66. The van der Waals surface area contributed by atoms with Crippen molar-refractivity contribution in [2.75, 3.05) is 5.32 Å². The van der Waals surface area contributed by atoms with Crippen LogP contribution in [0.1, 0.15) is 12.1 Å². The Morgan fingerprint density at radius 1 is 1.43 bits per heavy atom. The number of amides is 1. The van der Waals surface area contributed by atoms with Crippen LogP contribution in [0.5, 0.6) is 0 Å². The van der Waals surface area contributed by atoms with Gasteiger partial charge in [0.1, 0.15) is 0 Å². The quantitative estimate of drug-likeness (QED) is 0.754. The Morgan fingerprint density at radius 2 is 2.29 bits per heavy atom. The van der Waals surface area contributed by atoms with Crippen LogP contribution in [-0.2, 0) is 11.3 Å². The van der Waals surface area contributed by atoms with Crippen LogP contribution in [0.2, 0.25) is 0 Å². The summed E-state index contributed by atoms with van der Waals surface area (Å²) in [4.78, 5) is 16.2. The molecule has 21 heavy (non-hydrogen) atoms. The standard InChI is InChI=1S/C15H14BrN3OS/c1-10-9-21-15(17-10)18-14(20)6-8-19-7-5-11-12(16)3-2-4-13(11)19/h2-5,7,9H,6,8H2,1H3,(H,17,18,20). The molecule has 0 atom stereocenters. The maximum atomic E-state index is 12.0. The molecule has 0 saturated carbocycles. The van der Waals surface area contributed by atoms with Crippen molar-refractivity contribution in [2.24, 2.45) is 0 Å². The van der Waals surface area contributed by atoms with Gasteiger partial charge in [-0.2, -0.15) is 0 Å². The molecule has 0 fully saturated rings. The molecule has 0 radical (unpaired) electrons. The molecule has 3 rings (SSSR count). The number of halogens is 1. The first-order valence-corrected chi connectivity index (χ1v) is 8.26. The highest BCUT2D eigenvalue weighted by molar-refractivity contribution is 9.10. The predicted molar refractivity (Wildman–Crippen MR) is 89.7 cm³/mol. The fourth-order valence-electron chi connectivity index (χ4n) is 2.20. The number of carbonyl (C=O) groups excluding carboxylic acids is 1. The van der Waals surface area contributed by atoms with E-state index >= 15 is 0 Å². The van der Waals surface area contributed by atoms with Gasteiger partial charge in [0.15, 0.2) is 5.13 Å². The lowest BCUT2D eigenvalue weighted by Gasteiger charge is -2.06. The number of thiazole rings is 1. The molecule has 0 aliphatic heterocycles. The van der Waals surface area contributed by atoms with Gasteiger partial charge in [-0.25, -0.2) is 4.98 Å². The Bertz CT molecular complexity index is 793. The summed E-state index contributed by atoms with van der Waals surface area (Å²) < 4.78 is 3.16. The molecule has 1 amide bonds. The number of aryl methyl sites for hydroxylation is 2. The van der Waals surface area contributed by atoms with Gasteiger partial charge in [0.05, 0.1) is 5.69 Å². The van der Waals surface area contributed by atoms with Gasteiger partial charge >= 0.3 is 0 Å². The first-order valence-electron chi connectivity index (χ1n) is 6.59. The lowest BCUT2D eigenvalue weighted by atomic mass is 10.2. The fraction of sp³-hybridized carbons (Fsp3) is 0.200. The molecule has 108 valence electrons. The van der Waals surface area contributed by atoms with Crippen LogP contribution in [0.15, 0.2) is 40.3 Å². The largest absolute Gasteiger partial charge is 0.347 e. The smallest absolute Gasteiger partial charge is 0.227 e. The van der Waals surface area contributed by atoms with Crippen LogP contribution in [-0.4, -0.2) is 15.5 Å². The predicted octanol–water partition coefficient (Wildman–Crippen LogP) is 4.20. The van der Waals surface area contributed by atoms with E-state index in [0.717, 1.165) is 21.1 Å². The van der Waals surface area contributed by atoms with E-state index in [9.17, 15) is 4.79 Å². The molecule has 2 aromatic heterocycles. The normalized spacial score (nSPS) is 11.0. The van der Waals surface area contributed by atoms with E-state index in [1.165, 1.54) is 11.3 Å². The van der Waals surface area contributed by atoms with E-state index < -0.39 is 0 Å². The van der Waals surface area contributed by atoms with Gasteiger partial charge in [-0.3, -0.25) is 4.79 Å². The van der Waals surface area contributed by atoms with Gasteiger partial charge in [-0.1, -0.05) is 22.0 Å². The number of hydrogen-bond donors (Lipinski definition) is 1. The van der Waals surface area contributed by atoms with Crippen LogP contribution in [0.4, 0.5) is 5.13 Å². The number of anilines is 1. The second-order valence-electron chi connectivity index (χ2n) is 4.77. The summed E-state index contributed by atoms with van der Waals surface area (Å²) in [6.45, 7) is 2.56. The average Bonchev–Trinajstić information content (AvgIpc) is 3.04. The number of nitrogens with one attached hydrogen (secondary N) is 1. The number of hydrogen-bond acceptors (Lipinski definition) is 3. The van der Waals surface area contributed by atoms with Crippen LogP contribution in [0, 0.1) is 6.92 Å². The molecule has 2 heterocycles. The lowest BCUT2D eigenvalue weighted by Crippen LogP contribution is -2.14. The van der Waals surface area contributed by atoms with Gasteiger partial charge < -0.3 is 9.88 Å². The maximum Gasteiger partial charge on any atom is 0.227 e. The molecule has 1 aromatic carbocycles. The van der Waals surface area contributed by atoms with E-state index in [1.807, 2.05) is 30.6 Å². The van der Waals surface area contributed by atoms with Crippen LogP contribution in [0.3, 0.4) is 0 Å². The van der Waals surface area contributed by atoms with E-state index in [1.54, 1.807) is 0 Å². The third-order valence-corrected chi connectivity index (χ3v) is 4.77. The molecule has 6 heteroatoms. The Morgan fingerprint density at radius 3 is 3.05 bits per heavy atom. The van der Waals surface area contributed by atoms with Gasteiger partial charge in [0, 0.05) is 39.9 Å². The van der Waals surface area contributed by atoms with Crippen molar-refractivity contribution in [3.8, 4) is 0 Å². The van der Waals surface area contributed by atoms with E-state index in [0.29, 0.717) is 18.1 Å². The molecule has 4 nitrogen and oxygen atoms in total. The van der Waals surface area contributed by atoms with Crippen molar-refractivity contribution >= 4 is 49.2 Å². The molecule has 3 aromatic rings. The number of aromatic nitrogens is 2. The highest BCUT2D eigenvalue weighted by Crippen LogP contribution is 2.24. The Labute approximate surface area is 134 Å². The Kier molecular flexibility index (Phi) is 4.07. The third kappa shape index (κ3) is 3.16. The summed E-state index contributed by atoms with van der Waals surface area (Å²) in [6, 6.07) is 8.13. The summed E-state index contributed by atoms with van der Waals surface area (Å²) in [5.74, 6) is -0.0128. The molecule has 0 saturated heterocycles. The summed E-state index contributed by atoms with van der Waals surface area (Å²) in [5, 5.41) is 6.58. The minimum atomic E-state index is -0.0128. The molecule has 1 N–H and O–H groups in total. The molecule has 0 bridgehead atoms. The van der Waals surface area contributed by atoms with Crippen molar-refractivity contribution in [3.05, 3.63) is 46.0 Å². The summed E-state index contributed by atoms with van der Waals surface area (Å²) in [5.41, 5.74) is 2.05. The van der Waals surface area contributed by atoms with E-state index in [-0.39, 0.29) is 5.91 Å². The van der Waals surface area contributed by atoms with Crippen molar-refractivity contribution in [1.29, 1.82) is 0 Å². The summed E-state index contributed by atoms with van der Waals surface area (Å²) in [6.07, 6.45) is 2.44.